The second-order valence-corrected chi connectivity index (χ2v) is 5.64. The summed E-state index contributed by atoms with van der Waals surface area (Å²) in [7, 11) is 0. The van der Waals surface area contributed by atoms with Gasteiger partial charge in [0.1, 0.15) is 11.9 Å². The maximum Gasteiger partial charge on any atom is 0.262 e. The molecule has 0 bridgehead atoms. The number of carbonyl (C=O) groups excluding carboxylic acids is 1. The van der Waals surface area contributed by atoms with E-state index in [0.29, 0.717) is 13.0 Å². The fourth-order valence-corrected chi connectivity index (χ4v) is 2.54. The van der Waals surface area contributed by atoms with Crippen LogP contribution in [0.1, 0.15) is 31.4 Å². The number of rotatable bonds is 7. The molecule has 0 radical (unpaired) electrons. The lowest BCUT2D eigenvalue weighted by atomic mass is 10.0. The molecule has 122 valence electrons. The molecule has 1 aliphatic rings. The van der Waals surface area contributed by atoms with Crippen molar-refractivity contribution in [1.82, 2.24) is 10.2 Å². The van der Waals surface area contributed by atoms with Crippen molar-refractivity contribution >= 4 is 5.91 Å². The van der Waals surface area contributed by atoms with Gasteiger partial charge in [0.25, 0.3) is 6.43 Å². The first-order chi connectivity index (χ1) is 10.5. The highest BCUT2D eigenvalue weighted by Crippen LogP contribution is 2.23. The van der Waals surface area contributed by atoms with Gasteiger partial charge in [0.2, 0.25) is 5.91 Å². The largest absolute Gasteiger partial charge is 0.343 e. The topological polar surface area (TPSA) is 32.3 Å². The number of halogens is 3. The Bertz CT molecular complexity index is 506. The van der Waals surface area contributed by atoms with Gasteiger partial charge in [0.05, 0.1) is 5.92 Å². The Morgan fingerprint density at radius 2 is 2.09 bits per heavy atom. The number of hydrogen-bond donors (Lipinski definition) is 1. The summed E-state index contributed by atoms with van der Waals surface area (Å²) in [6, 6.07) is 3.51. The van der Waals surface area contributed by atoms with Crippen molar-refractivity contribution in [2.75, 3.05) is 19.6 Å². The summed E-state index contributed by atoms with van der Waals surface area (Å²) in [6.45, 7) is 4.35. The van der Waals surface area contributed by atoms with Crippen molar-refractivity contribution in [3.8, 4) is 0 Å². The predicted octanol–water partition coefficient (Wildman–Crippen LogP) is 2.98. The van der Waals surface area contributed by atoms with Crippen molar-refractivity contribution in [2.24, 2.45) is 5.92 Å². The Hall–Kier alpha value is -1.56. The lowest BCUT2D eigenvalue weighted by Crippen LogP contribution is -2.46. The summed E-state index contributed by atoms with van der Waals surface area (Å²) < 4.78 is 39.7. The zero-order chi connectivity index (χ0) is 16.1. The van der Waals surface area contributed by atoms with E-state index < -0.39 is 24.2 Å². The summed E-state index contributed by atoms with van der Waals surface area (Å²) in [5.74, 6) is -1.32. The maximum atomic E-state index is 13.2. The van der Waals surface area contributed by atoms with Crippen LogP contribution >= 0.6 is 0 Å². The number of amides is 1. The molecule has 2 rings (SSSR count). The molecule has 1 N–H and O–H groups in total. The van der Waals surface area contributed by atoms with E-state index in [-0.39, 0.29) is 11.5 Å². The Balaban J connectivity index is 2.04. The molecule has 0 aromatic heterocycles. The normalized spacial score (nSPS) is 17.9. The Labute approximate surface area is 128 Å². The molecule has 1 aromatic carbocycles. The Kier molecular flexibility index (Phi) is 5.83. The molecule has 1 aliphatic heterocycles. The van der Waals surface area contributed by atoms with Crippen molar-refractivity contribution in [1.29, 1.82) is 0 Å². The number of benzene rings is 1. The highest BCUT2D eigenvalue weighted by Gasteiger charge is 2.29. The zero-order valence-electron chi connectivity index (χ0n) is 12.6. The van der Waals surface area contributed by atoms with Gasteiger partial charge in [-0.05, 0) is 43.6 Å². The third-order valence-electron chi connectivity index (χ3n) is 4.05. The molecule has 0 spiro atoms. The summed E-state index contributed by atoms with van der Waals surface area (Å²) in [5.41, 5.74) is 0.0853. The van der Waals surface area contributed by atoms with Gasteiger partial charge in [0.15, 0.2) is 0 Å². The van der Waals surface area contributed by atoms with Crippen LogP contribution in [-0.4, -0.2) is 36.9 Å². The second-order valence-electron chi connectivity index (χ2n) is 5.64. The van der Waals surface area contributed by atoms with Crippen LogP contribution in [0.3, 0.4) is 0 Å². The van der Waals surface area contributed by atoms with E-state index in [1.54, 1.807) is 0 Å². The second kappa shape index (κ2) is 7.63. The number of hydrogen-bond acceptors (Lipinski definition) is 2. The van der Waals surface area contributed by atoms with Crippen LogP contribution in [0.5, 0.6) is 0 Å². The van der Waals surface area contributed by atoms with Gasteiger partial charge in [-0.25, -0.2) is 13.2 Å². The first kappa shape index (κ1) is 16.8. The molecular formula is C16H21F3N2O. The maximum absolute atomic E-state index is 13.2. The van der Waals surface area contributed by atoms with E-state index in [9.17, 15) is 18.0 Å². The third-order valence-corrected chi connectivity index (χ3v) is 4.05. The average Bonchev–Trinajstić information content (AvgIpc) is 2.43. The molecule has 3 nitrogen and oxygen atoms in total. The predicted molar refractivity (Wildman–Crippen MR) is 78.1 cm³/mol. The molecule has 1 aromatic rings. The number of nitrogens with one attached hydrogen (secondary N) is 1. The molecule has 1 saturated heterocycles. The minimum Gasteiger partial charge on any atom is -0.343 e. The highest BCUT2D eigenvalue weighted by molar-refractivity contribution is 5.79. The van der Waals surface area contributed by atoms with E-state index in [1.165, 1.54) is 18.2 Å². The summed E-state index contributed by atoms with van der Waals surface area (Å²) in [6.07, 6.45) is -1.09. The van der Waals surface area contributed by atoms with E-state index in [2.05, 4.69) is 10.2 Å². The minimum atomic E-state index is -2.78. The Morgan fingerprint density at radius 3 is 2.59 bits per heavy atom. The first-order valence-electron chi connectivity index (χ1n) is 7.57. The lowest BCUT2D eigenvalue weighted by molar-refractivity contribution is -0.128. The first-order valence-corrected chi connectivity index (χ1v) is 7.57. The van der Waals surface area contributed by atoms with Crippen molar-refractivity contribution in [3.05, 3.63) is 35.6 Å². The number of alkyl halides is 2. The lowest BCUT2D eigenvalue weighted by Gasteiger charge is -2.33. The molecule has 0 saturated carbocycles. The van der Waals surface area contributed by atoms with Gasteiger partial charge in [0, 0.05) is 6.54 Å². The van der Waals surface area contributed by atoms with Crippen LogP contribution in [0.25, 0.3) is 0 Å². The fraction of sp³-hybridized carbons (Fsp3) is 0.562. The standard InChI is InChI=1S/C16H21F3N2O/c1-2-11(10-21-7-4-8-21)16(22)20-14(15(18)19)12-5-3-6-13(17)9-12/h3,5-6,9,11,14-15H,2,4,7-8,10H2,1H3,(H,20,22). The van der Waals surface area contributed by atoms with Gasteiger partial charge < -0.3 is 10.2 Å². The number of nitrogens with zero attached hydrogens (tertiary/aromatic N) is 1. The van der Waals surface area contributed by atoms with Gasteiger partial charge >= 0.3 is 0 Å². The van der Waals surface area contributed by atoms with Gasteiger partial charge in [-0.2, -0.15) is 0 Å². The number of carbonyl (C=O) groups is 1. The SMILES string of the molecule is CCC(CN1CCC1)C(=O)NC(c1cccc(F)c1)C(F)F. The summed E-state index contributed by atoms with van der Waals surface area (Å²) in [4.78, 5) is 14.4. The molecule has 22 heavy (non-hydrogen) atoms. The van der Waals surface area contributed by atoms with Crippen molar-refractivity contribution in [3.63, 3.8) is 0 Å². The monoisotopic (exact) mass is 314 g/mol. The van der Waals surface area contributed by atoms with Crippen molar-refractivity contribution in [2.45, 2.75) is 32.2 Å². The van der Waals surface area contributed by atoms with Crippen LogP contribution in [0, 0.1) is 11.7 Å². The zero-order valence-corrected chi connectivity index (χ0v) is 12.6. The van der Waals surface area contributed by atoms with Gasteiger partial charge in [-0.1, -0.05) is 19.1 Å². The Morgan fingerprint density at radius 1 is 1.36 bits per heavy atom. The number of likely N-dealkylation sites (tertiary alicyclic amines) is 1. The van der Waals surface area contributed by atoms with Crippen LogP contribution in [0.4, 0.5) is 13.2 Å². The molecule has 2 atom stereocenters. The average molecular weight is 314 g/mol. The van der Waals surface area contributed by atoms with E-state index in [0.717, 1.165) is 25.6 Å². The molecule has 1 fully saturated rings. The smallest absolute Gasteiger partial charge is 0.262 e. The third kappa shape index (κ3) is 4.22. The molecule has 0 aliphatic carbocycles. The van der Waals surface area contributed by atoms with Crippen LogP contribution in [0.15, 0.2) is 24.3 Å². The summed E-state index contributed by atoms with van der Waals surface area (Å²) in [5, 5.41) is 2.38. The fourth-order valence-electron chi connectivity index (χ4n) is 2.54. The molecule has 2 unspecified atom stereocenters. The molecule has 6 heteroatoms. The molecule has 1 heterocycles. The van der Waals surface area contributed by atoms with Crippen LogP contribution < -0.4 is 5.32 Å². The van der Waals surface area contributed by atoms with Crippen LogP contribution in [-0.2, 0) is 4.79 Å². The quantitative estimate of drug-likeness (QED) is 0.839. The van der Waals surface area contributed by atoms with E-state index in [4.69, 9.17) is 0 Å². The van der Waals surface area contributed by atoms with Gasteiger partial charge in [-0.3, -0.25) is 4.79 Å². The summed E-state index contributed by atoms with van der Waals surface area (Å²) >= 11 is 0. The van der Waals surface area contributed by atoms with E-state index in [1.807, 2.05) is 6.92 Å². The van der Waals surface area contributed by atoms with Crippen LogP contribution in [0.2, 0.25) is 0 Å². The van der Waals surface area contributed by atoms with Gasteiger partial charge in [-0.15, -0.1) is 0 Å². The molecule has 1 amide bonds. The molecular weight excluding hydrogens is 293 g/mol. The van der Waals surface area contributed by atoms with Crippen molar-refractivity contribution < 1.29 is 18.0 Å². The minimum absolute atomic E-state index is 0.0853. The van der Waals surface area contributed by atoms with E-state index >= 15 is 0 Å². The highest BCUT2D eigenvalue weighted by atomic mass is 19.3.